The highest BCUT2D eigenvalue weighted by molar-refractivity contribution is 5.60. The summed E-state index contributed by atoms with van der Waals surface area (Å²) in [4.78, 5) is 15.2. The molecular formula is C8H14N4O. The number of hydrogen-bond acceptors (Lipinski definition) is 3. The van der Waals surface area contributed by atoms with Crippen LogP contribution in [0.3, 0.4) is 0 Å². The average molecular weight is 182 g/mol. The van der Waals surface area contributed by atoms with Crippen LogP contribution in [0.2, 0.25) is 0 Å². The van der Waals surface area contributed by atoms with E-state index in [0.717, 1.165) is 0 Å². The number of nitrogen functional groups attached to an aromatic ring is 1. The molecule has 1 aromatic heterocycles. The molecule has 0 amide bonds. The lowest BCUT2D eigenvalue weighted by Crippen LogP contribution is -2.21. The van der Waals surface area contributed by atoms with E-state index >= 15 is 0 Å². The zero-order valence-electron chi connectivity index (χ0n) is 7.95. The largest absolute Gasteiger partial charge is 0.382 e. The minimum Gasteiger partial charge on any atom is -0.382 e. The van der Waals surface area contributed by atoms with Gasteiger partial charge in [0.2, 0.25) is 0 Å². The summed E-state index contributed by atoms with van der Waals surface area (Å²) in [7, 11) is 0. The van der Waals surface area contributed by atoms with Crippen LogP contribution in [0.1, 0.15) is 13.8 Å². The number of hydrogen-bond donors (Lipinski definition) is 1. The lowest BCUT2D eigenvalue weighted by atomic mass is 10.5. The van der Waals surface area contributed by atoms with Crippen molar-refractivity contribution in [1.29, 1.82) is 0 Å². The topological polar surface area (TPSA) is 65.3 Å². The Kier molecular flexibility index (Phi) is 2.55. The van der Waals surface area contributed by atoms with Gasteiger partial charge in [0.25, 0.3) is 5.56 Å². The van der Waals surface area contributed by atoms with E-state index in [1.54, 1.807) is 9.36 Å². The third-order valence-electron chi connectivity index (χ3n) is 2.01. The summed E-state index contributed by atoms with van der Waals surface area (Å²) < 4.78 is 3.26. The van der Waals surface area contributed by atoms with E-state index in [-0.39, 0.29) is 11.2 Å². The first kappa shape index (κ1) is 9.57. The number of aromatic nitrogens is 2. The summed E-state index contributed by atoms with van der Waals surface area (Å²) >= 11 is 0. The Morgan fingerprint density at radius 2 is 1.92 bits per heavy atom. The molecule has 0 saturated carbocycles. The highest BCUT2D eigenvalue weighted by Gasteiger charge is 2.13. The van der Waals surface area contributed by atoms with E-state index in [4.69, 9.17) is 5.73 Å². The zero-order valence-corrected chi connectivity index (χ0v) is 7.95. The van der Waals surface area contributed by atoms with Crippen molar-refractivity contribution >= 4 is 18.2 Å². The van der Waals surface area contributed by atoms with Crippen LogP contribution in [-0.4, -0.2) is 16.1 Å². The molecule has 72 valence electrons. The molecule has 0 fully saturated rings. The maximum atomic E-state index is 11.6. The van der Waals surface area contributed by atoms with Crippen LogP contribution in [0.5, 0.6) is 0 Å². The number of aliphatic imine (C=N–C) groups is 1. The first-order valence-electron chi connectivity index (χ1n) is 4.23. The van der Waals surface area contributed by atoms with E-state index in [1.807, 2.05) is 13.8 Å². The molecule has 0 bridgehead atoms. The van der Waals surface area contributed by atoms with Crippen LogP contribution in [0.15, 0.2) is 9.79 Å². The van der Waals surface area contributed by atoms with Gasteiger partial charge in [-0.3, -0.25) is 14.5 Å². The van der Waals surface area contributed by atoms with Crippen molar-refractivity contribution in [3.05, 3.63) is 10.4 Å². The minimum absolute atomic E-state index is 0.170. The lowest BCUT2D eigenvalue weighted by molar-refractivity contribution is 0.483. The Morgan fingerprint density at radius 3 is 2.23 bits per heavy atom. The van der Waals surface area contributed by atoms with Crippen molar-refractivity contribution in [2.45, 2.75) is 26.9 Å². The molecule has 13 heavy (non-hydrogen) atoms. The quantitative estimate of drug-likeness (QED) is 0.696. The van der Waals surface area contributed by atoms with Crippen LogP contribution >= 0.6 is 0 Å². The Hall–Kier alpha value is -1.52. The molecule has 0 atom stereocenters. The molecule has 0 radical (unpaired) electrons. The monoisotopic (exact) mass is 182 g/mol. The van der Waals surface area contributed by atoms with Crippen LogP contribution < -0.4 is 11.3 Å². The lowest BCUT2D eigenvalue weighted by Gasteiger charge is -2.07. The van der Waals surface area contributed by atoms with Gasteiger partial charge < -0.3 is 5.73 Å². The molecule has 0 aromatic carbocycles. The summed E-state index contributed by atoms with van der Waals surface area (Å²) in [5, 5.41) is 0. The van der Waals surface area contributed by atoms with E-state index in [9.17, 15) is 4.79 Å². The Labute approximate surface area is 76.5 Å². The van der Waals surface area contributed by atoms with Gasteiger partial charge in [-0.05, 0) is 20.6 Å². The van der Waals surface area contributed by atoms with Crippen LogP contribution in [-0.2, 0) is 13.1 Å². The molecular weight excluding hydrogens is 168 g/mol. The van der Waals surface area contributed by atoms with Gasteiger partial charge >= 0.3 is 0 Å². The normalized spacial score (nSPS) is 10.3. The van der Waals surface area contributed by atoms with Crippen molar-refractivity contribution in [1.82, 2.24) is 9.36 Å². The highest BCUT2D eigenvalue weighted by Crippen LogP contribution is 2.16. The Balaban J connectivity index is 3.51. The van der Waals surface area contributed by atoms with Crippen LogP contribution in [0.25, 0.3) is 0 Å². The summed E-state index contributed by atoms with van der Waals surface area (Å²) in [5.74, 6) is 0.393. The van der Waals surface area contributed by atoms with Crippen molar-refractivity contribution in [2.75, 3.05) is 5.73 Å². The smallest absolute Gasteiger partial charge is 0.294 e. The van der Waals surface area contributed by atoms with E-state index in [0.29, 0.717) is 18.9 Å². The second kappa shape index (κ2) is 3.47. The van der Waals surface area contributed by atoms with Crippen molar-refractivity contribution in [3.8, 4) is 0 Å². The Bertz CT molecular complexity index is 374. The van der Waals surface area contributed by atoms with Gasteiger partial charge in [0.15, 0.2) is 5.69 Å². The molecule has 0 spiro atoms. The molecule has 0 unspecified atom stereocenters. The molecule has 1 rings (SSSR count). The predicted molar refractivity (Wildman–Crippen MR) is 53.7 cm³/mol. The molecule has 0 saturated heterocycles. The fourth-order valence-corrected chi connectivity index (χ4v) is 1.40. The number of rotatable bonds is 3. The maximum Gasteiger partial charge on any atom is 0.294 e. The highest BCUT2D eigenvalue weighted by atomic mass is 16.1. The third-order valence-corrected chi connectivity index (χ3v) is 2.01. The predicted octanol–water partition coefficient (Wildman–Crippen LogP) is 0.604. The number of anilines is 1. The van der Waals surface area contributed by atoms with E-state index in [2.05, 4.69) is 11.7 Å². The summed E-state index contributed by atoms with van der Waals surface area (Å²) in [6, 6.07) is 0. The van der Waals surface area contributed by atoms with Crippen molar-refractivity contribution in [3.63, 3.8) is 0 Å². The van der Waals surface area contributed by atoms with E-state index < -0.39 is 0 Å². The molecule has 1 aromatic rings. The molecule has 0 aliphatic heterocycles. The fourth-order valence-electron chi connectivity index (χ4n) is 1.40. The summed E-state index contributed by atoms with van der Waals surface area (Å²) in [6.45, 7) is 8.38. The van der Waals surface area contributed by atoms with Gasteiger partial charge in [0.1, 0.15) is 5.82 Å². The van der Waals surface area contributed by atoms with Gasteiger partial charge in [-0.15, -0.1) is 0 Å². The summed E-state index contributed by atoms with van der Waals surface area (Å²) in [5.41, 5.74) is 5.79. The molecule has 5 nitrogen and oxygen atoms in total. The van der Waals surface area contributed by atoms with Gasteiger partial charge in [-0.2, -0.15) is 0 Å². The first-order chi connectivity index (χ1) is 6.17. The summed E-state index contributed by atoms with van der Waals surface area (Å²) in [6.07, 6.45) is 0. The standard InChI is InChI=1S/C8H14N4O/c1-4-11-7(9)6(10-3)8(13)12(11)5-2/h3-5,9H2,1-2H3. The van der Waals surface area contributed by atoms with Gasteiger partial charge in [0.05, 0.1) is 0 Å². The third kappa shape index (κ3) is 1.26. The molecule has 1 heterocycles. The second-order valence-electron chi connectivity index (χ2n) is 2.63. The van der Waals surface area contributed by atoms with Gasteiger partial charge in [0, 0.05) is 13.1 Å². The maximum absolute atomic E-state index is 11.6. The Morgan fingerprint density at radius 1 is 1.38 bits per heavy atom. The van der Waals surface area contributed by atoms with Crippen molar-refractivity contribution < 1.29 is 0 Å². The van der Waals surface area contributed by atoms with Crippen LogP contribution in [0, 0.1) is 0 Å². The van der Waals surface area contributed by atoms with E-state index in [1.165, 1.54) is 0 Å². The zero-order chi connectivity index (χ0) is 10.0. The fraction of sp³-hybridized carbons (Fsp3) is 0.500. The molecule has 2 N–H and O–H groups in total. The molecule has 0 aliphatic rings. The number of nitrogens with two attached hydrogens (primary N) is 1. The van der Waals surface area contributed by atoms with Crippen molar-refractivity contribution in [2.24, 2.45) is 4.99 Å². The number of nitrogens with zero attached hydrogens (tertiary/aromatic N) is 3. The first-order valence-corrected chi connectivity index (χ1v) is 4.23. The SMILES string of the molecule is C=Nc1c(N)n(CC)n(CC)c1=O. The molecule has 0 aliphatic carbocycles. The average Bonchev–Trinajstić information content (AvgIpc) is 2.36. The van der Waals surface area contributed by atoms with Gasteiger partial charge in [-0.1, -0.05) is 0 Å². The molecule has 5 heteroatoms. The second-order valence-corrected chi connectivity index (χ2v) is 2.63. The van der Waals surface area contributed by atoms with Gasteiger partial charge in [-0.25, -0.2) is 4.68 Å². The van der Waals surface area contributed by atoms with Crippen LogP contribution in [0.4, 0.5) is 11.5 Å². The minimum atomic E-state index is -0.170.